The molecule has 1 N–H and O–H groups in total. The van der Waals surface area contributed by atoms with Crippen molar-refractivity contribution in [1.82, 2.24) is 9.55 Å². The van der Waals surface area contributed by atoms with E-state index >= 15 is 0 Å². The number of H-pyrrole nitrogens is 1. The molecule has 1 atom stereocenters. The van der Waals surface area contributed by atoms with Gasteiger partial charge in [0, 0.05) is 34.9 Å². The molecule has 0 fully saturated rings. The van der Waals surface area contributed by atoms with Gasteiger partial charge in [0.2, 0.25) is 0 Å². The van der Waals surface area contributed by atoms with Gasteiger partial charge in [0.05, 0.1) is 0 Å². The minimum Gasteiger partial charge on any atom is -0.297 e. The van der Waals surface area contributed by atoms with Gasteiger partial charge in [-0.25, -0.2) is 4.79 Å². The van der Waals surface area contributed by atoms with Gasteiger partial charge in [0.1, 0.15) is 5.15 Å². The second-order valence-corrected chi connectivity index (χ2v) is 5.39. The molecule has 0 radical (unpaired) electrons. The lowest BCUT2D eigenvalue weighted by Crippen LogP contribution is -2.36. The van der Waals surface area contributed by atoms with Crippen molar-refractivity contribution in [3.8, 4) is 0 Å². The van der Waals surface area contributed by atoms with Gasteiger partial charge in [-0.1, -0.05) is 11.6 Å². The Morgan fingerprint density at radius 1 is 1.44 bits per heavy atom. The molecule has 0 saturated carbocycles. The average Bonchev–Trinajstić information content (AvgIpc) is 2.19. The summed E-state index contributed by atoms with van der Waals surface area (Å²) in [7, 11) is -0.916. The van der Waals surface area contributed by atoms with Gasteiger partial charge < -0.3 is 0 Å². The predicted molar refractivity (Wildman–Crippen MR) is 64.6 cm³/mol. The van der Waals surface area contributed by atoms with Crippen molar-refractivity contribution < 1.29 is 4.21 Å². The van der Waals surface area contributed by atoms with Crippen LogP contribution in [0.3, 0.4) is 0 Å². The van der Waals surface area contributed by atoms with Crippen molar-refractivity contribution >= 4 is 22.4 Å². The molecule has 0 amide bonds. The first-order chi connectivity index (χ1) is 7.43. The summed E-state index contributed by atoms with van der Waals surface area (Å²) in [4.78, 5) is 25.5. The number of nitrogens with zero attached hydrogens (tertiary/aromatic N) is 1. The zero-order valence-electron chi connectivity index (χ0n) is 9.08. The molecule has 0 spiro atoms. The van der Waals surface area contributed by atoms with Crippen molar-refractivity contribution in [2.24, 2.45) is 0 Å². The highest BCUT2D eigenvalue weighted by Crippen LogP contribution is 2.02. The van der Waals surface area contributed by atoms with Gasteiger partial charge in [-0.2, -0.15) is 0 Å². The van der Waals surface area contributed by atoms with Crippen molar-refractivity contribution in [3.63, 3.8) is 0 Å². The quantitative estimate of drug-likeness (QED) is 0.794. The van der Waals surface area contributed by atoms with Crippen LogP contribution in [0.15, 0.2) is 9.59 Å². The number of hydrogen-bond acceptors (Lipinski definition) is 3. The fraction of sp³-hybridized carbons (Fsp3) is 0.556. The smallest absolute Gasteiger partial charge is 0.297 e. The van der Waals surface area contributed by atoms with E-state index in [4.69, 9.17) is 11.6 Å². The fourth-order valence-corrected chi connectivity index (χ4v) is 1.97. The van der Waals surface area contributed by atoms with Crippen LogP contribution < -0.4 is 11.2 Å². The maximum Gasteiger partial charge on any atom is 0.329 e. The van der Waals surface area contributed by atoms with Crippen molar-refractivity contribution in [2.75, 3.05) is 12.0 Å². The van der Waals surface area contributed by atoms with Crippen LogP contribution >= 0.6 is 11.6 Å². The van der Waals surface area contributed by atoms with Gasteiger partial charge in [-0.05, 0) is 13.3 Å². The molecule has 5 nitrogen and oxygen atoms in total. The van der Waals surface area contributed by atoms with Crippen LogP contribution in [-0.4, -0.2) is 25.8 Å². The zero-order valence-corrected chi connectivity index (χ0v) is 10.7. The van der Waals surface area contributed by atoms with Crippen LogP contribution in [0.25, 0.3) is 0 Å². The molecular weight excluding hydrogens is 252 g/mol. The summed E-state index contributed by atoms with van der Waals surface area (Å²) in [5.41, 5.74) is -0.600. The van der Waals surface area contributed by atoms with E-state index in [0.29, 0.717) is 17.7 Å². The van der Waals surface area contributed by atoms with E-state index in [1.807, 2.05) is 0 Å². The Morgan fingerprint density at radius 3 is 2.62 bits per heavy atom. The highest BCUT2D eigenvalue weighted by Gasteiger charge is 2.08. The molecule has 16 heavy (non-hydrogen) atoms. The van der Waals surface area contributed by atoms with Crippen molar-refractivity contribution in [2.45, 2.75) is 19.9 Å². The molecule has 90 valence electrons. The van der Waals surface area contributed by atoms with Gasteiger partial charge in [0.15, 0.2) is 0 Å². The molecular formula is C9H13ClN2O3S. The van der Waals surface area contributed by atoms with Crippen molar-refractivity contribution in [1.29, 1.82) is 0 Å². The van der Waals surface area contributed by atoms with Crippen LogP contribution in [-0.2, 0) is 17.3 Å². The maximum atomic E-state index is 11.7. The molecule has 0 aromatic carbocycles. The number of halogens is 1. The van der Waals surface area contributed by atoms with Gasteiger partial charge in [-0.3, -0.25) is 18.6 Å². The maximum absolute atomic E-state index is 11.7. The number of nitrogens with one attached hydrogen (secondary N) is 1. The Hall–Kier alpha value is -0.880. The summed E-state index contributed by atoms with van der Waals surface area (Å²) >= 11 is 5.66. The number of aromatic nitrogens is 2. The van der Waals surface area contributed by atoms with Crippen LogP contribution in [0.1, 0.15) is 12.0 Å². The Labute approximate surface area is 99.9 Å². The van der Waals surface area contributed by atoms with E-state index in [9.17, 15) is 13.8 Å². The van der Waals surface area contributed by atoms with Gasteiger partial charge in [0.25, 0.3) is 5.56 Å². The van der Waals surface area contributed by atoms with Crippen molar-refractivity contribution in [3.05, 3.63) is 31.6 Å². The molecule has 1 heterocycles. The molecule has 0 aliphatic rings. The summed E-state index contributed by atoms with van der Waals surface area (Å²) in [5.74, 6) is 0.466. The SMILES string of the molecule is Cc1c(Cl)[nH]c(=O)n(CCCS(C)=O)c1=O. The second-order valence-electron chi connectivity index (χ2n) is 3.46. The van der Waals surface area contributed by atoms with Crippen LogP contribution in [0.5, 0.6) is 0 Å². The second kappa shape index (κ2) is 5.45. The lowest BCUT2D eigenvalue weighted by atomic mass is 10.3. The van der Waals surface area contributed by atoms with E-state index in [2.05, 4.69) is 4.98 Å². The average molecular weight is 265 g/mol. The highest BCUT2D eigenvalue weighted by molar-refractivity contribution is 7.84. The minimum absolute atomic E-state index is 0.0744. The zero-order chi connectivity index (χ0) is 12.3. The summed E-state index contributed by atoms with van der Waals surface area (Å²) in [5, 5.41) is 0.0744. The summed E-state index contributed by atoms with van der Waals surface area (Å²) < 4.78 is 11.9. The number of aromatic amines is 1. The van der Waals surface area contributed by atoms with E-state index in [0.717, 1.165) is 4.57 Å². The van der Waals surface area contributed by atoms with Crippen LogP contribution in [0.4, 0.5) is 0 Å². The van der Waals surface area contributed by atoms with Gasteiger partial charge in [-0.15, -0.1) is 0 Å². The topological polar surface area (TPSA) is 71.9 Å². The van der Waals surface area contributed by atoms with Crippen LogP contribution in [0.2, 0.25) is 5.15 Å². The van der Waals surface area contributed by atoms with Crippen LogP contribution in [0, 0.1) is 6.92 Å². The monoisotopic (exact) mass is 264 g/mol. The summed E-state index contributed by atoms with van der Waals surface area (Å²) in [6.45, 7) is 1.81. The Morgan fingerprint density at radius 2 is 2.06 bits per heavy atom. The normalized spacial score (nSPS) is 12.7. The molecule has 0 saturated heterocycles. The van der Waals surface area contributed by atoms with E-state index in [-0.39, 0.29) is 11.7 Å². The molecule has 1 aromatic heterocycles. The molecule has 1 aromatic rings. The Balaban J connectivity index is 2.97. The fourth-order valence-electron chi connectivity index (χ4n) is 1.27. The molecule has 7 heteroatoms. The molecule has 0 bridgehead atoms. The number of hydrogen-bond donors (Lipinski definition) is 1. The lowest BCUT2D eigenvalue weighted by molar-refractivity contribution is 0.609. The molecule has 0 aliphatic carbocycles. The summed E-state index contributed by atoms with van der Waals surface area (Å²) in [6.07, 6.45) is 2.10. The minimum atomic E-state index is -0.916. The first-order valence-electron chi connectivity index (χ1n) is 4.72. The Bertz CT molecular complexity index is 520. The predicted octanol–water partition coefficient (Wildman–Crippen LogP) is 0.267. The third kappa shape index (κ3) is 3.05. The summed E-state index contributed by atoms with van der Waals surface area (Å²) in [6, 6.07) is 0. The van der Waals surface area contributed by atoms with E-state index in [1.165, 1.54) is 0 Å². The highest BCUT2D eigenvalue weighted by atomic mass is 35.5. The van der Waals surface area contributed by atoms with Gasteiger partial charge >= 0.3 is 5.69 Å². The first-order valence-corrected chi connectivity index (χ1v) is 6.83. The number of rotatable bonds is 4. The van der Waals surface area contributed by atoms with E-state index < -0.39 is 22.0 Å². The first kappa shape index (κ1) is 13.2. The van der Waals surface area contributed by atoms with E-state index in [1.54, 1.807) is 13.2 Å². The molecule has 1 unspecified atom stereocenters. The third-order valence-electron chi connectivity index (χ3n) is 2.17. The largest absolute Gasteiger partial charge is 0.329 e. The third-order valence-corrected chi connectivity index (χ3v) is 3.41. The standard InChI is InChI=1S/C9H13ClN2O3S/c1-6-7(10)11-9(14)12(8(6)13)4-3-5-16(2)15/h3-5H2,1-2H3,(H,11,14). The molecule has 0 aliphatic heterocycles. The lowest BCUT2D eigenvalue weighted by Gasteiger charge is -2.05. The molecule has 1 rings (SSSR count). The Kier molecular flexibility index (Phi) is 4.49.